The molecule has 10 heteroatoms. The quantitative estimate of drug-likeness (QED) is 0.607. The average molecular weight is 458 g/mol. The number of piperidine rings is 1. The molecule has 1 saturated carbocycles. The van der Waals surface area contributed by atoms with Crippen molar-refractivity contribution in [2.75, 3.05) is 18.4 Å². The van der Waals surface area contributed by atoms with Crippen LogP contribution in [0.3, 0.4) is 0 Å². The number of aromatic nitrogens is 3. The molecule has 3 aromatic heterocycles. The number of pyridine rings is 1. The van der Waals surface area contributed by atoms with Gasteiger partial charge in [-0.2, -0.15) is 0 Å². The van der Waals surface area contributed by atoms with Gasteiger partial charge in [0.25, 0.3) is 0 Å². The molecule has 2 aliphatic rings. The first kappa shape index (κ1) is 21.1. The highest BCUT2D eigenvalue weighted by Gasteiger charge is 2.45. The van der Waals surface area contributed by atoms with Crippen molar-refractivity contribution in [2.45, 2.75) is 50.7 Å². The lowest BCUT2D eigenvalue weighted by atomic mass is 9.84. The Kier molecular flexibility index (Phi) is 5.29. The number of amides is 1. The first-order valence-corrected chi connectivity index (χ1v) is 12.5. The van der Waals surface area contributed by atoms with Crippen LogP contribution in [0.2, 0.25) is 0 Å². The molecule has 1 saturated heterocycles. The summed E-state index contributed by atoms with van der Waals surface area (Å²) in [5.41, 5.74) is 3.28. The third-order valence-corrected chi connectivity index (χ3v) is 9.22. The molecule has 2 N–H and O–H groups in total. The molecule has 4 heterocycles. The summed E-state index contributed by atoms with van der Waals surface area (Å²) in [6.45, 7) is 4.51. The molecule has 170 valence electrons. The summed E-state index contributed by atoms with van der Waals surface area (Å²) in [6, 6.07) is 3.98. The molecule has 1 amide bonds. The van der Waals surface area contributed by atoms with E-state index in [9.17, 15) is 13.2 Å². The molecule has 1 aliphatic heterocycles. The van der Waals surface area contributed by atoms with E-state index in [0.29, 0.717) is 49.0 Å². The molecular formula is C22H27N5O4S. The molecule has 0 aromatic carbocycles. The highest BCUT2D eigenvalue weighted by Crippen LogP contribution is 2.39. The van der Waals surface area contributed by atoms with Crippen molar-refractivity contribution in [2.24, 2.45) is 5.92 Å². The smallest absolute Gasteiger partial charge is 0.227 e. The Morgan fingerprint density at radius 3 is 2.69 bits per heavy atom. The summed E-state index contributed by atoms with van der Waals surface area (Å²) in [5, 5.41) is 7.29. The predicted molar refractivity (Wildman–Crippen MR) is 120 cm³/mol. The van der Waals surface area contributed by atoms with E-state index in [1.807, 2.05) is 12.3 Å². The summed E-state index contributed by atoms with van der Waals surface area (Å²) < 4.78 is 32.9. The zero-order valence-electron chi connectivity index (χ0n) is 18.2. The third kappa shape index (κ3) is 3.61. The van der Waals surface area contributed by atoms with E-state index in [0.717, 1.165) is 23.9 Å². The fourth-order valence-electron chi connectivity index (χ4n) is 4.86. The summed E-state index contributed by atoms with van der Waals surface area (Å²) in [5.74, 6) is 0.389. The van der Waals surface area contributed by atoms with E-state index in [-0.39, 0.29) is 11.8 Å². The second-order valence-electron chi connectivity index (χ2n) is 8.84. The Morgan fingerprint density at radius 2 is 2.00 bits per heavy atom. The third-order valence-electron chi connectivity index (χ3n) is 6.91. The van der Waals surface area contributed by atoms with E-state index in [1.165, 1.54) is 5.56 Å². The summed E-state index contributed by atoms with van der Waals surface area (Å²) in [7, 11) is -3.40. The molecule has 3 aromatic rings. The monoisotopic (exact) mass is 457 g/mol. The fraction of sp³-hybridized carbons (Fsp3) is 0.500. The van der Waals surface area contributed by atoms with Gasteiger partial charge in [-0.15, -0.1) is 0 Å². The van der Waals surface area contributed by atoms with E-state index in [2.05, 4.69) is 26.5 Å². The maximum atomic E-state index is 13.1. The Morgan fingerprint density at radius 1 is 1.25 bits per heavy atom. The molecule has 0 unspecified atom stereocenters. The predicted octanol–water partition coefficient (Wildman–Crippen LogP) is 3.09. The van der Waals surface area contributed by atoms with Crippen molar-refractivity contribution in [3.63, 3.8) is 0 Å². The van der Waals surface area contributed by atoms with Gasteiger partial charge in [-0.1, -0.05) is 5.16 Å². The van der Waals surface area contributed by atoms with E-state index < -0.39 is 15.3 Å². The number of anilines is 1. The molecule has 32 heavy (non-hydrogen) atoms. The van der Waals surface area contributed by atoms with Gasteiger partial charge in [0.05, 0.1) is 5.25 Å². The molecule has 2 fully saturated rings. The number of nitrogens with zero attached hydrogens (tertiary/aromatic N) is 3. The van der Waals surface area contributed by atoms with Crippen LogP contribution >= 0.6 is 0 Å². The largest absolute Gasteiger partial charge is 0.359 e. The number of fused-ring (bicyclic) bond motifs is 1. The molecule has 0 atom stereocenters. The van der Waals surface area contributed by atoms with Crippen molar-refractivity contribution >= 4 is 32.7 Å². The number of aromatic amines is 1. The van der Waals surface area contributed by atoms with E-state index in [1.54, 1.807) is 24.3 Å². The molecule has 0 spiro atoms. The Hall–Kier alpha value is -2.72. The lowest BCUT2D eigenvalue weighted by molar-refractivity contribution is -0.122. The lowest BCUT2D eigenvalue weighted by Gasteiger charge is -2.39. The Bertz CT molecular complexity index is 1230. The first-order valence-electron chi connectivity index (χ1n) is 11.0. The van der Waals surface area contributed by atoms with Crippen molar-refractivity contribution < 1.29 is 17.7 Å². The number of carbonyl (C=O) groups is 1. The molecule has 9 nitrogen and oxygen atoms in total. The van der Waals surface area contributed by atoms with E-state index in [4.69, 9.17) is 4.52 Å². The van der Waals surface area contributed by atoms with Gasteiger partial charge in [0, 0.05) is 36.8 Å². The average Bonchev–Trinajstić information content (AvgIpc) is 3.31. The van der Waals surface area contributed by atoms with E-state index >= 15 is 0 Å². The van der Waals surface area contributed by atoms with Gasteiger partial charge in [-0.25, -0.2) is 17.7 Å². The fourth-order valence-corrected chi connectivity index (χ4v) is 6.95. The van der Waals surface area contributed by atoms with Crippen molar-refractivity contribution in [1.82, 2.24) is 19.4 Å². The van der Waals surface area contributed by atoms with Crippen molar-refractivity contribution in [1.29, 1.82) is 0 Å². The minimum Gasteiger partial charge on any atom is -0.359 e. The topological polar surface area (TPSA) is 121 Å². The summed E-state index contributed by atoms with van der Waals surface area (Å²) >= 11 is 0. The van der Waals surface area contributed by atoms with Gasteiger partial charge >= 0.3 is 0 Å². The number of nitrogens with one attached hydrogen (secondary N) is 2. The maximum Gasteiger partial charge on any atom is 0.227 e. The maximum absolute atomic E-state index is 13.1. The molecule has 1 aliphatic carbocycles. The molecular weight excluding hydrogens is 430 g/mol. The SMILES string of the molecule is Cc1noc(C)c1NC(=O)[C@H]1C[C@@H](S(=O)(=O)N2CCC(c3c[nH]c4ncccc34)CC2)C1. The van der Waals surface area contributed by atoms with Gasteiger partial charge in [0.2, 0.25) is 15.9 Å². The number of hydrogen-bond donors (Lipinski definition) is 2. The first-order chi connectivity index (χ1) is 15.3. The number of H-pyrrole nitrogens is 1. The zero-order valence-corrected chi connectivity index (χ0v) is 19.0. The van der Waals surface area contributed by atoms with Crippen LogP contribution in [0.25, 0.3) is 11.0 Å². The van der Waals surface area contributed by atoms with Crippen LogP contribution in [0, 0.1) is 19.8 Å². The number of sulfonamides is 1. The minimum atomic E-state index is -3.40. The number of carbonyl (C=O) groups excluding carboxylic acids is 1. The van der Waals surface area contributed by atoms with Gasteiger partial charge in [0.1, 0.15) is 17.0 Å². The standard InChI is InChI=1S/C22H27N5O4S/c1-13-20(14(2)31-26-13)25-22(28)16-10-17(11-16)32(29,30)27-8-5-15(6-9-27)19-12-24-21-18(19)4-3-7-23-21/h3-4,7,12,15-17H,5-6,8-11H2,1-2H3,(H,23,24)(H,25,28)/t16-,17+. The highest BCUT2D eigenvalue weighted by atomic mass is 32.2. The summed E-state index contributed by atoms with van der Waals surface area (Å²) in [4.78, 5) is 20.1. The Labute approximate surface area is 186 Å². The van der Waals surface area contributed by atoms with Crippen molar-refractivity contribution in [3.8, 4) is 0 Å². The van der Waals surface area contributed by atoms with Crippen LogP contribution in [0.4, 0.5) is 5.69 Å². The normalized spacial score (nSPS) is 22.7. The van der Waals surface area contributed by atoms with Crippen LogP contribution in [0.5, 0.6) is 0 Å². The number of aryl methyl sites for hydroxylation is 2. The van der Waals surface area contributed by atoms with Crippen LogP contribution in [-0.2, 0) is 14.8 Å². The van der Waals surface area contributed by atoms with Crippen LogP contribution in [0.15, 0.2) is 29.0 Å². The van der Waals surface area contributed by atoms with Crippen molar-refractivity contribution in [3.05, 3.63) is 41.5 Å². The second kappa shape index (κ2) is 8.00. The van der Waals surface area contributed by atoms with Crippen LogP contribution in [0.1, 0.15) is 48.6 Å². The molecule has 5 rings (SSSR count). The summed E-state index contributed by atoms with van der Waals surface area (Å²) in [6.07, 6.45) is 6.03. The van der Waals surface area contributed by atoms with Gasteiger partial charge in [-0.05, 0) is 63.1 Å². The Balaban J connectivity index is 1.17. The molecule has 0 radical (unpaired) electrons. The van der Waals surface area contributed by atoms with Gasteiger partial charge < -0.3 is 14.8 Å². The number of hydrogen-bond acceptors (Lipinski definition) is 6. The van der Waals surface area contributed by atoms with Crippen LogP contribution < -0.4 is 5.32 Å². The number of rotatable bonds is 5. The minimum absolute atomic E-state index is 0.169. The second-order valence-corrected chi connectivity index (χ2v) is 11.1. The molecule has 0 bridgehead atoms. The van der Waals surface area contributed by atoms with Gasteiger partial charge in [0.15, 0.2) is 5.76 Å². The highest BCUT2D eigenvalue weighted by molar-refractivity contribution is 7.89. The zero-order chi connectivity index (χ0) is 22.5. The lowest BCUT2D eigenvalue weighted by Crippen LogP contribution is -2.50. The van der Waals surface area contributed by atoms with Gasteiger partial charge in [-0.3, -0.25) is 4.79 Å². The van der Waals surface area contributed by atoms with Crippen LogP contribution in [-0.4, -0.2) is 52.1 Å².